The summed E-state index contributed by atoms with van der Waals surface area (Å²) in [7, 11) is 0. The summed E-state index contributed by atoms with van der Waals surface area (Å²) in [5.74, 6) is -1.91. The molecular weight excluding hydrogens is 440 g/mol. The van der Waals surface area contributed by atoms with Crippen LogP contribution in [0.1, 0.15) is 20.3 Å². The van der Waals surface area contributed by atoms with Crippen LogP contribution in [0.25, 0.3) is 22.1 Å². The molecule has 0 spiro atoms. The molecule has 2 aromatic carbocycles. The summed E-state index contributed by atoms with van der Waals surface area (Å²) < 4.78 is 10.8. The number of aliphatic carboxylic acids is 1. The molecule has 2 amide bonds. The zero-order valence-electron chi connectivity index (χ0n) is 18.9. The molecule has 3 aromatic rings. The maximum absolute atomic E-state index is 12.1. The summed E-state index contributed by atoms with van der Waals surface area (Å²) in [6, 6.07) is 14.7. The summed E-state index contributed by atoms with van der Waals surface area (Å²) in [4.78, 5) is 47.3. The van der Waals surface area contributed by atoms with Crippen LogP contribution >= 0.6 is 0 Å². The standard InChI is InChI=1S/C25H26N2O7/c1-15(2)10-20(25(31)32)27-22(28)13-26-23(29)14-33-17-8-9-18-19(16-6-4-3-5-7-16)12-24(30)34-21(18)11-17/h3-9,11-12,15,20H,10,13-14H2,1-2H3,(H,26,29)(H,27,28)(H,31,32)/t20-/m0/s1. The third-order valence-electron chi connectivity index (χ3n) is 4.96. The molecule has 0 fully saturated rings. The van der Waals surface area contributed by atoms with Crippen molar-refractivity contribution >= 4 is 28.8 Å². The molecule has 0 unspecified atom stereocenters. The van der Waals surface area contributed by atoms with Crippen LogP contribution < -0.4 is 21.0 Å². The molecule has 34 heavy (non-hydrogen) atoms. The number of fused-ring (bicyclic) bond motifs is 1. The topological polar surface area (TPSA) is 135 Å². The van der Waals surface area contributed by atoms with E-state index in [9.17, 15) is 24.3 Å². The van der Waals surface area contributed by atoms with Crippen LogP contribution in [0.2, 0.25) is 0 Å². The second kappa shape index (κ2) is 11.1. The summed E-state index contributed by atoms with van der Waals surface area (Å²) in [5, 5.41) is 14.7. The number of nitrogens with one attached hydrogen (secondary N) is 2. The monoisotopic (exact) mass is 466 g/mol. The fraction of sp³-hybridized carbons (Fsp3) is 0.280. The third-order valence-corrected chi connectivity index (χ3v) is 4.96. The molecular formula is C25H26N2O7. The average Bonchev–Trinajstić information content (AvgIpc) is 2.80. The second-order valence-electron chi connectivity index (χ2n) is 8.16. The third kappa shape index (κ3) is 6.68. The van der Waals surface area contributed by atoms with Crippen LogP contribution in [0.5, 0.6) is 5.75 Å². The van der Waals surface area contributed by atoms with Crippen molar-refractivity contribution in [3.8, 4) is 16.9 Å². The lowest BCUT2D eigenvalue weighted by Crippen LogP contribution is -2.46. The highest BCUT2D eigenvalue weighted by Crippen LogP contribution is 2.29. The Morgan fingerprint density at radius 3 is 2.44 bits per heavy atom. The van der Waals surface area contributed by atoms with Gasteiger partial charge in [0.15, 0.2) is 6.61 Å². The number of ether oxygens (including phenoxy) is 1. The van der Waals surface area contributed by atoms with Gasteiger partial charge in [0.05, 0.1) is 6.54 Å². The van der Waals surface area contributed by atoms with E-state index < -0.39 is 29.5 Å². The van der Waals surface area contributed by atoms with Crippen LogP contribution in [0, 0.1) is 5.92 Å². The lowest BCUT2D eigenvalue weighted by molar-refractivity contribution is -0.142. The van der Waals surface area contributed by atoms with Gasteiger partial charge in [0.1, 0.15) is 17.4 Å². The van der Waals surface area contributed by atoms with Gasteiger partial charge >= 0.3 is 11.6 Å². The number of amides is 2. The fourth-order valence-corrected chi connectivity index (χ4v) is 3.41. The minimum atomic E-state index is -1.13. The molecule has 3 rings (SSSR count). The van der Waals surface area contributed by atoms with Gasteiger partial charge in [-0.05, 0) is 35.6 Å². The van der Waals surface area contributed by atoms with Gasteiger partial charge in [0, 0.05) is 17.5 Å². The first-order valence-corrected chi connectivity index (χ1v) is 10.8. The Morgan fingerprint density at radius 1 is 1.03 bits per heavy atom. The van der Waals surface area contributed by atoms with E-state index in [0.717, 1.165) is 11.1 Å². The first kappa shape index (κ1) is 24.5. The van der Waals surface area contributed by atoms with Crippen LogP contribution in [0.4, 0.5) is 0 Å². The van der Waals surface area contributed by atoms with Gasteiger partial charge in [-0.2, -0.15) is 0 Å². The first-order chi connectivity index (χ1) is 16.2. The highest BCUT2D eigenvalue weighted by molar-refractivity contribution is 5.94. The zero-order chi connectivity index (χ0) is 24.7. The number of benzene rings is 2. The van der Waals surface area contributed by atoms with Crippen molar-refractivity contribution in [2.45, 2.75) is 26.3 Å². The Labute approximate surface area is 195 Å². The van der Waals surface area contributed by atoms with Crippen molar-refractivity contribution in [2.24, 2.45) is 5.92 Å². The molecule has 0 saturated carbocycles. The van der Waals surface area contributed by atoms with Crippen molar-refractivity contribution < 1.29 is 28.6 Å². The van der Waals surface area contributed by atoms with E-state index in [2.05, 4.69) is 10.6 Å². The van der Waals surface area contributed by atoms with E-state index in [0.29, 0.717) is 16.7 Å². The lowest BCUT2D eigenvalue weighted by Gasteiger charge is -2.16. The molecule has 1 atom stereocenters. The van der Waals surface area contributed by atoms with Gasteiger partial charge in [-0.1, -0.05) is 44.2 Å². The van der Waals surface area contributed by atoms with Crippen molar-refractivity contribution in [2.75, 3.05) is 13.2 Å². The molecule has 0 aliphatic rings. The molecule has 9 heteroatoms. The van der Waals surface area contributed by atoms with Crippen molar-refractivity contribution in [1.29, 1.82) is 0 Å². The average molecular weight is 466 g/mol. The van der Waals surface area contributed by atoms with Crippen molar-refractivity contribution in [3.05, 3.63) is 65.0 Å². The number of carboxylic acids is 1. The second-order valence-corrected chi connectivity index (χ2v) is 8.16. The van der Waals surface area contributed by atoms with E-state index in [1.165, 1.54) is 12.1 Å². The quantitative estimate of drug-likeness (QED) is 0.391. The van der Waals surface area contributed by atoms with Crippen molar-refractivity contribution in [1.82, 2.24) is 10.6 Å². The van der Waals surface area contributed by atoms with E-state index in [-0.39, 0.29) is 25.5 Å². The number of carboxylic acid groups (broad SMARTS) is 1. The van der Waals surface area contributed by atoms with Gasteiger partial charge < -0.3 is 24.9 Å². The van der Waals surface area contributed by atoms with Crippen LogP contribution in [-0.2, 0) is 14.4 Å². The molecule has 9 nitrogen and oxygen atoms in total. The normalized spacial score (nSPS) is 11.7. The predicted octanol–water partition coefficient (Wildman–Crippen LogP) is 2.57. The Hall–Kier alpha value is -4.14. The Kier molecular flexibility index (Phi) is 8.02. The van der Waals surface area contributed by atoms with E-state index in [1.54, 1.807) is 12.1 Å². The molecule has 1 heterocycles. The maximum Gasteiger partial charge on any atom is 0.336 e. The molecule has 0 aliphatic carbocycles. The van der Waals surface area contributed by atoms with E-state index in [1.807, 2.05) is 44.2 Å². The summed E-state index contributed by atoms with van der Waals surface area (Å²) in [6.45, 7) is 2.94. The number of rotatable bonds is 10. The highest BCUT2D eigenvalue weighted by Gasteiger charge is 2.21. The van der Waals surface area contributed by atoms with Gasteiger partial charge in [0.2, 0.25) is 5.91 Å². The minimum Gasteiger partial charge on any atom is -0.484 e. The predicted molar refractivity (Wildman–Crippen MR) is 125 cm³/mol. The molecule has 0 bridgehead atoms. The first-order valence-electron chi connectivity index (χ1n) is 10.8. The van der Waals surface area contributed by atoms with E-state index >= 15 is 0 Å². The highest BCUT2D eigenvalue weighted by atomic mass is 16.5. The lowest BCUT2D eigenvalue weighted by atomic mass is 10.0. The van der Waals surface area contributed by atoms with E-state index in [4.69, 9.17) is 9.15 Å². The summed E-state index contributed by atoms with van der Waals surface area (Å²) in [6.07, 6.45) is 0.280. The van der Waals surface area contributed by atoms with Crippen molar-refractivity contribution in [3.63, 3.8) is 0 Å². The molecule has 3 N–H and O–H groups in total. The van der Waals surface area contributed by atoms with Gasteiger partial charge in [-0.25, -0.2) is 9.59 Å². The smallest absolute Gasteiger partial charge is 0.336 e. The Bertz CT molecular complexity index is 1230. The van der Waals surface area contributed by atoms with Crippen LogP contribution in [0.3, 0.4) is 0 Å². The van der Waals surface area contributed by atoms with Gasteiger partial charge in [-0.3, -0.25) is 9.59 Å². The minimum absolute atomic E-state index is 0.0829. The van der Waals surface area contributed by atoms with Crippen LogP contribution in [0.15, 0.2) is 63.8 Å². The fourth-order valence-electron chi connectivity index (χ4n) is 3.41. The molecule has 178 valence electrons. The number of carbonyl (C=O) groups is 3. The summed E-state index contributed by atoms with van der Waals surface area (Å²) in [5.41, 5.74) is 1.39. The van der Waals surface area contributed by atoms with Crippen LogP contribution in [-0.4, -0.2) is 42.1 Å². The SMILES string of the molecule is CC(C)C[C@H](NC(=O)CNC(=O)COc1ccc2c(-c3ccccc3)cc(=O)oc2c1)C(=O)O. The summed E-state index contributed by atoms with van der Waals surface area (Å²) >= 11 is 0. The maximum atomic E-state index is 12.1. The molecule has 1 aromatic heterocycles. The molecule has 0 radical (unpaired) electrons. The van der Waals surface area contributed by atoms with Gasteiger partial charge in [0.25, 0.3) is 5.91 Å². The zero-order valence-corrected chi connectivity index (χ0v) is 18.9. The largest absolute Gasteiger partial charge is 0.484 e. The Balaban J connectivity index is 1.59. The molecule has 0 saturated heterocycles. The number of carbonyl (C=O) groups excluding carboxylic acids is 2. The number of hydrogen-bond acceptors (Lipinski definition) is 6. The Morgan fingerprint density at radius 2 is 1.76 bits per heavy atom. The molecule has 0 aliphatic heterocycles. The number of hydrogen-bond donors (Lipinski definition) is 3. The van der Waals surface area contributed by atoms with Gasteiger partial charge in [-0.15, -0.1) is 0 Å².